The number of hydrogen-bond donors (Lipinski definition) is 1. The van der Waals surface area contributed by atoms with E-state index in [4.69, 9.17) is 11.6 Å². The summed E-state index contributed by atoms with van der Waals surface area (Å²) in [5.41, 5.74) is 3.80. The first-order chi connectivity index (χ1) is 11.9. The molecule has 1 aliphatic rings. The van der Waals surface area contributed by atoms with Gasteiger partial charge in [-0.15, -0.1) is 0 Å². The van der Waals surface area contributed by atoms with Gasteiger partial charge in [-0.2, -0.15) is 0 Å². The van der Waals surface area contributed by atoms with E-state index in [9.17, 15) is 9.59 Å². The summed E-state index contributed by atoms with van der Waals surface area (Å²) < 4.78 is 0. The van der Waals surface area contributed by atoms with Crippen LogP contribution in [-0.2, 0) is 16.1 Å². The number of likely N-dealkylation sites (tertiary alicyclic amines) is 1. The quantitative estimate of drug-likeness (QED) is 0.901. The number of nitrogens with one attached hydrogen (secondary N) is 1. The number of rotatable bonds is 4. The molecule has 1 fully saturated rings. The Morgan fingerprint density at radius 2 is 2.00 bits per heavy atom. The van der Waals surface area contributed by atoms with Crippen molar-refractivity contribution in [3.8, 4) is 0 Å². The fourth-order valence-corrected chi connectivity index (χ4v) is 3.23. The smallest absolute Gasteiger partial charge is 0.229 e. The molecule has 3 rings (SSSR count). The molecule has 0 aliphatic carbocycles. The summed E-state index contributed by atoms with van der Waals surface area (Å²) in [6.07, 6.45) is 0.237. The fourth-order valence-electron chi connectivity index (χ4n) is 3.04. The first kappa shape index (κ1) is 17.5. The molecule has 1 aliphatic heterocycles. The van der Waals surface area contributed by atoms with Crippen LogP contribution in [0.2, 0.25) is 5.02 Å². The van der Waals surface area contributed by atoms with E-state index in [-0.39, 0.29) is 24.2 Å². The second-order valence-electron chi connectivity index (χ2n) is 6.57. The van der Waals surface area contributed by atoms with Crippen molar-refractivity contribution in [2.75, 3.05) is 11.9 Å². The number of nitrogens with zero attached hydrogens (tertiary/aromatic N) is 1. The topological polar surface area (TPSA) is 49.4 Å². The Morgan fingerprint density at radius 3 is 2.76 bits per heavy atom. The van der Waals surface area contributed by atoms with Crippen molar-refractivity contribution in [1.82, 2.24) is 4.90 Å². The molecular formula is C20H21ClN2O2. The Labute approximate surface area is 152 Å². The normalized spacial score (nSPS) is 17.0. The number of carbonyl (C=O) groups excluding carboxylic acids is 2. The van der Waals surface area contributed by atoms with Gasteiger partial charge >= 0.3 is 0 Å². The molecule has 1 atom stereocenters. The van der Waals surface area contributed by atoms with Gasteiger partial charge in [-0.1, -0.05) is 41.9 Å². The molecule has 0 radical (unpaired) electrons. The lowest BCUT2D eigenvalue weighted by Crippen LogP contribution is -2.28. The first-order valence-electron chi connectivity index (χ1n) is 8.33. The van der Waals surface area contributed by atoms with Crippen LogP contribution in [-0.4, -0.2) is 23.3 Å². The minimum absolute atomic E-state index is 0.0129. The summed E-state index contributed by atoms with van der Waals surface area (Å²) in [6, 6.07) is 13.4. The molecule has 1 unspecified atom stereocenters. The van der Waals surface area contributed by atoms with Crippen LogP contribution in [0.1, 0.15) is 23.1 Å². The Bertz CT molecular complexity index is 819. The Morgan fingerprint density at radius 1 is 1.24 bits per heavy atom. The average Bonchev–Trinajstić information content (AvgIpc) is 2.94. The Kier molecular flexibility index (Phi) is 5.09. The van der Waals surface area contributed by atoms with Gasteiger partial charge in [0.1, 0.15) is 0 Å². The highest BCUT2D eigenvalue weighted by molar-refractivity contribution is 6.31. The number of halogens is 1. The van der Waals surface area contributed by atoms with E-state index in [2.05, 4.69) is 5.32 Å². The Hall–Kier alpha value is -2.33. The van der Waals surface area contributed by atoms with Crippen LogP contribution in [0.5, 0.6) is 0 Å². The molecule has 2 aromatic carbocycles. The molecule has 5 heteroatoms. The van der Waals surface area contributed by atoms with Crippen molar-refractivity contribution >= 4 is 29.1 Å². The third-order valence-corrected chi connectivity index (χ3v) is 4.92. The van der Waals surface area contributed by atoms with E-state index in [0.717, 1.165) is 22.4 Å². The van der Waals surface area contributed by atoms with E-state index >= 15 is 0 Å². The highest BCUT2D eigenvalue weighted by atomic mass is 35.5. The van der Waals surface area contributed by atoms with E-state index in [1.165, 1.54) is 0 Å². The molecule has 4 nitrogen and oxygen atoms in total. The number of benzene rings is 2. The number of amides is 2. The minimum atomic E-state index is -0.338. The molecule has 2 amide bonds. The standard InChI is InChI=1S/C20H21ClN2O2/c1-13-7-8-14(2)18(9-13)22-20(25)16-10-19(24)23(12-16)11-15-5-3-4-6-17(15)21/h3-9,16H,10-12H2,1-2H3,(H,22,25). The molecule has 0 spiro atoms. The van der Waals surface area contributed by atoms with E-state index < -0.39 is 0 Å². The van der Waals surface area contributed by atoms with Gasteiger partial charge in [-0.05, 0) is 42.7 Å². The third-order valence-electron chi connectivity index (χ3n) is 4.56. The van der Waals surface area contributed by atoms with Gasteiger partial charge in [0.2, 0.25) is 11.8 Å². The molecule has 1 saturated heterocycles. The molecule has 0 bridgehead atoms. The van der Waals surface area contributed by atoms with Gasteiger partial charge in [0.05, 0.1) is 5.92 Å². The van der Waals surface area contributed by atoms with Crippen molar-refractivity contribution in [3.63, 3.8) is 0 Å². The van der Waals surface area contributed by atoms with Gasteiger partial charge in [-0.3, -0.25) is 9.59 Å². The van der Waals surface area contributed by atoms with Gasteiger partial charge < -0.3 is 10.2 Å². The number of aryl methyl sites for hydroxylation is 2. The van der Waals surface area contributed by atoms with Crippen LogP contribution in [0.25, 0.3) is 0 Å². The molecule has 25 heavy (non-hydrogen) atoms. The summed E-state index contributed by atoms with van der Waals surface area (Å²) in [7, 11) is 0. The SMILES string of the molecule is Cc1ccc(C)c(NC(=O)C2CC(=O)N(Cc3ccccc3Cl)C2)c1. The highest BCUT2D eigenvalue weighted by Crippen LogP contribution is 2.25. The monoisotopic (exact) mass is 356 g/mol. The molecule has 0 saturated carbocycles. The summed E-state index contributed by atoms with van der Waals surface area (Å²) in [5.74, 6) is -0.459. The minimum Gasteiger partial charge on any atom is -0.337 e. The summed E-state index contributed by atoms with van der Waals surface area (Å²) in [4.78, 5) is 26.6. The average molecular weight is 357 g/mol. The van der Waals surface area contributed by atoms with E-state index in [1.807, 2.05) is 56.3 Å². The largest absolute Gasteiger partial charge is 0.337 e. The van der Waals surface area contributed by atoms with Crippen molar-refractivity contribution in [1.29, 1.82) is 0 Å². The zero-order chi connectivity index (χ0) is 18.0. The summed E-state index contributed by atoms with van der Waals surface area (Å²) >= 11 is 6.17. The van der Waals surface area contributed by atoms with Crippen molar-refractivity contribution in [3.05, 3.63) is 64.2 Å². The van der Waals surface area contributed by atoms with Crippen molar-refractivity contribution in [2.24, 2.45) is 5.92 Å². The number of anilines is 1. The lowest BCUT2D eigenvalue weighted by molar-refractivity contribution is -0.128. The molecule has 130 valence electrons. The summed E-state index contributed by atoms with van der Waals surface area (Å²) in [6.45, 7) is 4.80. The van der Waals surface area contributed by atoms with Crippen LogP contribution in [0.3, 0.4) is 0 Å². The predicted octanol–water partition coefficient (Wildman–Crippen LogP) is 3.94. The van der Waals surface area contributed by atoms with Crippen LogP contribution in [0.15, 0.2) is 42.5 Å². The van der Waals surface area contributed by atoms with Gasteiger partial charge in [0.15, 0.2) is 0 Å². The molecule has 2 aromatic rings. The van der Waals surface area contributed by atoms with Crippen LogP contribution in [0, 0.1) is 19.8 Å². The lowest BCUT2D eigenvalue weighted by atomic mass is 10.1. The molecule has 1 N–H and O–H groups in total. The van der Waals surface area contributed by atoms with Crippen LogP contribution >= 0.6 is 11.6 Å². The fraction of sp³-hybridized carbons (Fsp3) is 0.300. The van der Waals surface area contributed by atoms with Gasteiger partial charge in [-0.25, -0.2) is 0 Å². The van der Waals surface area contributed by atoms with Gasteiger partial charge in [0.25, 0.3) is 0 Å². The van der Waals surface area contributed by atoms with Crippen molar-refractivity contribution in [2.45, 2.75) is 26.8 Å². The lowest BCUT2D eigenvalue weighted by Gasteiger charge is -2.18. The first-order valence-corrected chi connectivity index (χ1v) is 8.71. The second kappa shape index (κ2) is 7.28. The Balaban J connectivity index is 1.66. The van der Waals surface area contributed by atoms with Gasteiger partial charge in [0, 0.05) is 30.2 Å². The number of carbonyl (C=O) groups is 2. The van der Waals surface area contributed by atoms with E-state index in [1.54, 1.807) is 4.90 Å². The van der Waals surface area contributed by atoms with Crippen LogP contribution < -0.4 is 5.32 Å². The van der Waals surface area contributed by atoms with Crippen molar-refractivity contribution < 1.29 is 9.59 Å². The molecule has 0 aromatic heterocycles. The third kappa shape index (κ3) is 4.02. The zero-order valence-corrected chi connectivity index (χ0v) is 15.1. The number of hydrogen-bond acceptors (Lipinski definition) is 2. The molecule has 1 heterocycles. The molecular weight excluding hydrogens is 336 g/mol. The zero-order valence-electron chi connectivity index (χ0n) is 14.4. The highest BCUT2D eigenvalue weighted by Gasteiger charge is 2.34. The maximum Gasteiger partial charge on any atom is 0.229 e. The summed E-state index contributed by atoms with van der Waals surface area (Å²) in [5, 5.41) is 3.60. The van der Waals surface area contributed by atoms with Crippen LogP contribution in [0.4, 0.5) is 5.69 Å². The van der Waals surface area contributed by atoms with E-state index in [0.29, 0.717) is 18.1 Å². The maximum absolute atomic E-state index is 12.6. The predicted molar refractivity (Wildman–Crippen MR) is 99.5 cm³/mol. The maximum atomic E-state index is 12.6. The second-order valence-corrected chi connectivity index (χ2v) is 6.98.